The maximum atomic E-state index is 12.4. The summed E-state index contributed by atoms with van der Waals surface area (Å²) in [5.74, 6) is -0.885. The van der Waals surface area contributed by atoms with Crippen LogP contribution in [-0.4, -0.2) is 41.0 Å². The number of ether oxygens (including phenoxy) is 2. The Labute approximate surface area is 331 Å². The van der Waals surface area contributed by atoms with Gasteiger partial charge in [-0.2, -0.15) is 0 Å². The van der Waals surface area contributed by atoms with Gasteiger partial charge in [-0.1, -0.05) is 191 Å². The number of carbonyl (C=O) groups is 2. The van der Waals surface area contributed by atoms with E-state index in [0.29, 0.717) is 6.42 Å². The monoisotopic (exact) mass is 781 g/mol. The van der Waals surface area contributed by atoms with Crippen LogP contribution in [-0.2, 0) is 28.2 Å². The van der Waals surface area contributed by atoms with Crippen LogP contribution < -0.4 is 0 Å². The summed E-state index contributed by atoms with van der Waals surface area (Å²) < 4.78 is 26.4. The van der Waals surface area contributed by atoms with Gasteiger partial charge in [-0.3, -0.25) is 14.1 Å². The number of rotatable bonds is 40. The Morgan fingerprint density at radius 2 is 0.889 bits per heavy atom. The lowest BCUT2D eigenvalue weighted by molar-refractivity contribution is -0.161. The molecule has 8 nitrogen and oxygen atoms in total. The zero-order valence-corrected chi connectivity index (χ0v) is 35.5. The first-order valence-corrected chi connectivity index (χ1v) is 23.5. The Hall–Kier alpha value is -1.99. The molecule has 0 aromatic carbocycles. The van der Waals surface area contributed by atoms with Gasteiger partial charge in [0.1, 0.15) is 6.61 Å². The number of unbranched alkanes of at least 4 members (excludes halogenated alkanes) is 22. The molecule has 0 amide bonds. The molecule has 0 aromatic heterocycles. The number of phosphoric acid groups is 1. The topological polar surface area (TPSA) is 119 Å². The molecule has 0 fully saturated rings. The van der Waals surface area contributed by atoms with E-state index >= 15 is 0 Å². The summed E-state index contributed by atoms with van der Waals surface area (Å²) >= 11 is 0. The number of carbonyl (C=O) groups excluding carboxylic acids is 2. The normalized spacial score (nSPS) is 12.9. The highest BCUT2D eigenvalue weighted by molar-refractivity contribution is 7.46. The van der Waals surface area contributed by atoms with Crippen molar-refractivity contribution in [2.24, 2.45) is 0 Å². The average Bonchev–Trinajstić information content (AvgIpc) is 3.14. The van der Waals surface area contributed by atoms with Gasteiger partial charge >= 0.3 is 19.8 Å². The molecule has 314 valence electrons. The minimum atomic E-state index is -4.75. The molecule has 0 spiro atoms. The lowest BCUT2D eigenvalue weighted by Gasteiger charge is -2.18. The predicted molar refractivity (Wildman–Crippen MR) is 225 cm³/mol. The summed E-state index contributed by atoms with van der Waals surface area (Å²) in [5.41, 5.74) is 0. The van der Waals surface area contributed by atoms with Gasteiger partial charge in [-0.05, 0) is 51.4 Å². The summed E-state index contributed by atoms with van der Waals surface area (Å²) in [6.07, 6.45) is 49.7. The van der Waals surface area contributed by atoms with Gasteiger partial charge in [0, 0.05) is 12.8 Å². The number of esters is 2. The number of hydrogen-bond donors (Lipinski definition) is 2. The predicted octanol–water partition coefficient (Wildman–Crippen LogP) is 13.5. The van der Waals surface area contributed by atoms with E-state index in [4.69, 9.17) is 19.3 Å². The highest BCUT2D eigenvalue weighted by Gasteiger charge is 2.22. The van der Waals surface area contributed by atoms with Gasteiger partial charge in [-0.15, -0.1) is 0 Å². The zero-order chi connectivity index (χ0) is 39.6. The van der Waals surface area contributed by atoms with Crippen molar-refractivity contribution in [3.8, 4) is 0 Å². The average molecular weight is 781 g/mol. The summed E-state index contributed by atoms with van der Waals surface area (Å²) in [6, 6.07) is 0. The third-order valence-electron chi connectivity index (χ3n) is 9.36. The van der Waals surface area contributed by atoms with Crippen LogP contribution in [0.5, 0.6) is 0 Å². The van der Waals surface area contributed by atoms with Crippen molar-refractivity contribution in [2.75, 3.05) is 13.2 Å². The minimum Gasteiger partial charge on any atom is -0.462 e. The van der Waals surface area contributed by atoms with Crippen molar-refractivity contribution in [1.29, 1.82) is 0 Å². The van der Waals surface area contributed by atoms with E-state index in [1.165, 1.54) is 103 Å². The largest absolute Gasteiger partial charge is 0.469 e. The van der Waals surface area contributed by atoms with Crippen molar-refractivity contribution in [2.45, 2.75) is 213 Å². The summed E-state index contributed by atoms with van der Waals surface area (Å²) in [4.78, 5) is 42.9. The van der Waals surface area contributed by atoms with E-state index in [9.17, 15) is 14.2 Å². The third-order valence-corrected chi connectivity index (χ3v) is 9.85. The molecule has 0 aromatic rings. The number of hydrogen-bond acceptors (Lipinski definition) is 6. The minimum absolute atomic E-state index is 0.207. The second-order valence-electron chi connectivity index (χ2n) is 14.6. The molecule has 54 heavy (non-hydrogen) atoms. The van der Waals surface area contributed by atoms with Gasteiger partial charge < -0.3 is 19.3 Å². The maximum Gasteiger partial charge on any atom is 0.469 e. The second-order valence-corrected chi connectivity index (χ2v) is 15.9. The molecular weight excluding hydrogens is 699 g/mol. The van der Waals surface area contributed by atoms with Gasteiger partial charge in [0.2, 0.25) is 0 Å². The zero-order valence-electron chi connectivity index (χ0n) is 34.6. The van der Waals surface area contributed by atoms with Crippen LogP contribution in [0.4, 0.5) is 0 Å². The molecule has 0 saturated carbocycles. The van der Waals surface area contributed by atoms with Crippen LogP contribution in [0.1, 0.15) is 206 Å². The number of allylic oxidation sites excluding steroid dienone is 8. The number of phosphoric ester groups is 1. The molecule has 1 unspecified atom stereocenters. The van der Waals surface area contributed by atoms with Crippen LogP contribution in [0, 0.1) is 0 Å². The molecule has 0 bridgehead atoms. The van der Waals surface area contributed by atoms with E-state index in [0.717, 1.165) is 70.6 Å². The lowest BCUT2D eigenvalue weighted by atomic mass is 10.0. The Balaban J connectivity index is 3.87. The fourth-order valence-electron chi connectivity index (χ4n) is 6.13. The molecular formula is C45H81O8P. The van der Waals surface area contributed by atoms with Crippen molar-refractivity contribution in [1.82, 2.24) is 0 Å². The van der Waals surface area contributed by atoms with Crippen LogP contribution in [0.15, 0.2) is 48.6 Å². The van der Waals surface area contributed by atoms with E-state index in [1.807, 2.05) is 0 Å². The smallest absolute Gasteiger partial charge is 0.462 e. The fourth-order valence-corrected chi connectivity index (χ4v) is 6.49. The lowest BCUT2D eigenvalue weighted by Crippen LogP contribution is -2.29. The molecule has 9 heteroatoms. The molecule has 0 heterocycles. The first-order chi connectivity index (χ1) is 26.3. The Bertz CT molecular complexity index is 1020. The molecule has 0 aliphatic rings. The fraction of sp³-hybridized carbons (Fsp3) is 0.778. The van der Waals surface area contributed by atoms with Gasteiger partial charge in [0.05, 0.1) is 6.61 Å². The van der Waals surface area contributed by atoms with Crippen LogP contribution >= 0.6 is 7.82 Å². The first kappa shape index (κ1) is 52.0. The van der Waals surface area contributed by atoms with Gasteiger partial charge in [0.15, 0.2) is 6.10 Å². The Morgan fingerprint density at radius 1 is 0.500 bits per heavy atom. The Morgan fingerprint density at radius 3 is 1.33 bits per heavy atom. The van der Waals surface area contributed by atoms with Gasteiger partial charge in [0.25, 0.3) is 0 Å². The molecule has 1 atom stereocenters. The first-order valence-electron chi connectivity index (χ1n) is 21.9. The Kier molecular flexibility index (Phi) is 39.2. The van der Waals surface area contributed by atoms with Crippen LogP contribution in [0.2, 0.25) is 0 Å². The van der Waals surface area contributed by atoms with Crippen molar-refractivity contribution < 1.29 is 37.9 Å². The molecule has 0 saturated heterocycles. The molecule has 2 N–H and O–H groups in total. The van der Waals surface area contributed by atoms with E-state index < -0.39 is 32.5 Å². The van der Waals surface area contributed by atoms with Crippen LogP contribution in [0.25, 0.3) is 0 Å². The van der Waals surface area contributed by atoms with E-state index in [-0.39, 0.29) is 19.4 Å². The highest BCUT2D eigenvalue weighted by Crippen LogP contribution is 2.36. The standard InChI is InChI=1S/C45H81O8P/c1-3-5-7-9-11-13-15-17-18-19-20-21-22-23-24-25-26-28-30-32-34-36-38-40-45(47)53-43(42-52-54(48,49)50)41-51-44(46)39-37-35-33-31-29-27-16-14-12-10-8-6-4-2/h5,7,11,13,17-18,20-21,43H,3-4,6,8-10,12,14-16,19,22-42H2,1-2H3,(H2,48,49,50)/b7-5-,13-11-,18-17-,21-20-. The highest BCUT2D eigenvalue weighted by atomic mass is 31.2. The molecule has 0 rings (SSSR count). The SMILES string of the molecule is CC/C=C\C/C=C\C/C=C\C/C=C\CCCCCCCCCCCCC(=O)OC(COC(=O)CCCCCCCCCCCCCCC)COP(=O)(O)O. The van der Waals surface area contributed by atoms with Gasteiger partial charge in [-0.25, -0.2) is 4.57 Å². The van der Waals surface area contributed by atoms with Crippen molar-refractivity contribution in [3.63, 3.8) is 0 Å². The van der Waals surface area contributed by atoms with Crippen molar-refractivity contribution >= 4 is 19.8 Å². The van der Waals surface area contributed by atoms with E-state index in [1.54, 1.807) is 0 Å². The van der Waals surface area contributed by atoms with E-state index in [2.05, 4.69) is 67.0 Å². The molecule has 0 aliphatic carbocycles. The molecule has 0 radical (unpaired) electrons. The second kappa shape index (κ2) is 40.7. The van der Waals surface area contributed by atoms with Crippen molar-refractivity contribution in [3.05, 3.63) is 48.6 Å². The summed E-state index contributed by atoms with van der Waals surface area (Å²) in [7, 11) is -4.75. The van der Waals surface area contributed by atoms with Crippen LogP contribution in [0.3, 0.4) is 0 Å². The maximum absolute atomic E-state index is 12.4. The molecule has 0 aliphatic heterocycles. The quantitative estimate of drug-likeness (QED) is 0.0273. The third kappa shape index (κ3) is 42.7. The summed E-state index contributed by atoms with van der Waals surface area (Å²) in [6.45, 7) is 3.58. The summed E-state index contributed by atoms with van der Waals surface area (Å²) in [5, 5.41) is 0.